The second-order valence-corrected chi connectivity index (χ2v) is 10.4. The average Bonchev–Trinajstić information content (AvgIpc) is 2.70. The van der Waals surface area contributed by atoms with Gasteiger partial charge in [-0.3, -0.25) is 9.52 Å². The molecule has 0 spiro atoms. The topological polar surface area (TPSA) is 90.2 Å². The van der Waals surface area contributed by atoms with Crippen molar-refractivity contribution >= 4 is 33.1 Å². The van der Waals surface area contributed by atoms with Gasteiger partial charge in [-0.2, -0.15) is 4.73 Å². The van der Waals surface area contributed by atoms with Gasteiger partial charge in [0.1, 0.15) is 0 Å². The number of carbonyl (C=O) groups is 1. The molecule has 6 nitrogen and oxygen atoms in total. The van der Waals surface area contributed by atoms with Crippen LogP contribution in [0.3, 0.4) is 0 Å². The molecule has 0 aliphatic rings. The van der Waals surface area contributed by atoms with Crippen LogP contribution in [0, 0.1) is 12.1 Å². The van der Waals surface area contributed by atoms with Crippen LogP contribution in [0.2, 0.25) is 5.02 Å². The lowest BCUT2D eigenvalue weighted by Crippen LogP contribution is -2.31. The standard InChI is InChI=1S/C23H23ClN2O4S/c1-15-19(6-5-13-26(15)28)22(27)20-14-17(24)9-12-21(20)25-31(29,30)18-10-7-16(8-11-18)23(2,3)4/h5-14,25H,1-4H3. The number of nitrogens with zero attached hydrogens (tertiary/aromatic N) is 1. The van der Waals surface area contributed by atoms with Gasteiger partial charge >= 0.3 is 0 Å². The van der Waals surface area contributed by atoms with E-state index in [1.54, 1.807) is 12.1 Å². The monoisotopic (exact) mass is 458 g/mol. The van der Waals surface area contributed by atoms with Crippen molar-refractivity contribution in [2.45, 2.75) is 38.0 Å². The molecular formula is C23H23ClN2O4S. The lowest BCUT2D eigenvalue weighted by Gasteiger charge is -2.19. The molecule has 1 N–H and O–H groups in total. The van der Waals surface area contributed by atoms with Gasteiger partial charge in [0.2, 0.25) is 11.5 Å². The van der Waals surface area contributed by atoms with Gasteiger partial charge in [-0.1, -0.05) is 44.5 Å². The number of sulfonamides is 1. The highest BCUT2D eigenvalue weighted by Gasteiger charge is 2.24. The zero-order chi connectivity index (χ0) is 23.0. The Hall–Kier alpha value is -2.90. The molecule has 0 atom stereocenters. The van der Waals surface area contributed by atoms with E-state index in [9.17, 15) is 18.4 Å². The predicted molar refractivity (Wildman–Crippen MR) is 121 cm³/mol. The molecule has 0 amide bonds. The zero-order valence-corrected chi connectivity index (χ0v) is 19.2. The summed E-state index contributed by atoms with van der Waals surface area (Å²) in [4.78, 5) is 13.2. The van der Waals surface area contributed by atoms with Gasteiger partial charge in [0.25, 0.3) is 10.0 Å². The number of ketones is 1. The fourth-order valence-electron chi connectivity index (χ4n) is 3.08. The van der Waals surface area contributed by atoms with E-state index in [2.05, 4.69) is 4.72 Å². The van der Waals surface area contributed by atoms with Crippen LogP contribution in [-0.4, -0.2) is 14.2 Å². The van der Waals surface area contributed by atoms with Crippen molar-refractivity contribution in [1.82, 2.24) is 0 Å². The first kappa shape index (κ1) is 22.8. The first-order valence-electron chi connectivity index (χ1n) is 9.56. The highest BCUT2D eigenvalue weighted by molar-refractivity contribution is 7.92. The summed E-state index contributed by atoms with van der Waals surface area (Å²) in [5.41, 5.74) is 1.39. The Balaban J connectivity index is 2.00. The highest BCUT2D eigenvalue weighted by atomic mass is 35.5. The third kappa shape index (κ3) is 4.89. The maximum absolute atomic E-state index is 13.1. The average molecular weight is 459 g/mol. The van der Waals surface area contributed by atoms with Crippen LogP contribution in [0.5, 0.6) is 0 Å². The smallest absolute Gasteiger partial charge is 0.261 e. The van der Waals surface area contributed by atoms with Crippen LogP contribution < -0.4 is 9.45 Å². The molecule has 0 aliphatic carbocycles. The van der Waals surface area contributed by atoms with Crippen molar-refractivity contribution < 1.29 is 17.9 Å². The summed E-state index contributed by atoms with van der Waals surface area (Å²) in [5, 5.41) is 12.1. The Kier molecular flexibility index (Phi) is 6.11. The predicted octanol–water partition coefficient (Wildman–Crippen LogP) is 4.61. The molecule has 0 saturated heterocycles. The summed E-state index contributed by atoms with van der Waals surface area (Å²) >= 11 is 6.07. The first-order valence-corrected chi connectivity index (χ1v) is 11.4. The SMILES string of the molecule is Cc1c(C(=O)c2cc(Cl)ccc2NS(=O)(=O)c2ccc(C(C)(C)C)cc2)ccc[n+]1[O-]. The number of rotatable bonds is 5. The lowest BCUT2D eigenvalue weighted by molar-refractivity contribution is -0.612. The summed E-state index contributed by atoms with van der Waals surface area (Å²) in [7, 11) is -3.96. The van der Waals surface area contributed by atoms with Gasteiger partial charge < -0.3 is 5.21 Å². The molecule has 1 aromatic heterocycles. The van der Waals surface area contributed by atoms with Crippen LogP contribution >= 0.6 is 11.6 Å². The van der Waals surface area contributed by atoms with Gasteiger partial charge in [0.15, 0.2) is 6.20 Å². The minimum absolute atomic E-state index is 0.0525. The number of nitrogens with one attached hydrogen (secondary N) is 1. The van der Waals surface area contributed by atoms with E-state index in [1.807, 2.05) is 20.8 Å². The van der Waals surface area contributed by atoms with Crippen molar-refractivity contribution in [2.24, 2.45) is 0 Å². The van der Waals surface area contributed by atoms with Crippen LogP contribution in [-0.2, 0) is 15.4 Å². The van der Waals surface area contributed by atoms with Crippen LogP contribution in [0.15, 0.2) is 65.7 Å². The van der Waals surface area contributed by atoms with E-state index in [0.717, 1.165) is 5.56 Å². The number of aromatic nitrogens is 1. The fraction of sp³-hybridized carbons (Fsp3) is 0.217. The van der Waals surface area contributed by atoms with Gasteiger partial charge in [-0.15, -0.1) is 0 Å². The maximum Gasteiger partial charge on any atom is 0.261 e. The third-order valence-electron chi connectivity index (χ3n) is 4.95. The number of benzene rings is 2. The van der Waals surface area contributed by atoms with Gasteiger partial charge in [0, 0.05) is 23.6 Å². The van der Waals surface area contributed by atoms with E-state index >= 15 is 0 Å². The second kappa shape index (κ2) is 8.32. The Morgan fingerprint density at radius 1 is 1.03 bits per heavy atom. The van der Waals surface area contributed by atoms with Crippen LogP contribution in [0.25, 0.3) is 0 Å². The molecule has 0 aliphatic heterocycles. The molecular weight excluding hydrogens is 436 g/mol. The van der Waals surface area contributed by atoms with E-state index in [4.69, 9.17) is 11.6 Å². The van der Waals surface area contributed by atoms with E-state index in [-0.39, 0.29) is 37.8 Å². The second-order valence-electron chi connectivity index (χ2n) is 8.23. The molecule has 162 valence electrons. The Bertz CT molecular complexity index is 1250. The molecule has 0 fully saturated rings. The molecule has 3 rings (SSSR count). The Labute approximate surface area is 187 Å². The number of hydrogen-bond acceptors (Lipinski definition) is 4. The van der Waals surface area contributed by atoms with E-state index < -0.39 is 15.8 Å². The number of hydrogen-bond donors (Lipinski definition) is 1. The molecule has 0 saturated carbocycles. The molecule has 31 heavy (non-hydrogen) atoms. The molecule has 0 radical (unpaired) electrons. The molecule has 1 heterocycles. The Morgan fingerprint density at radius 2 is 1.68 bits per heavy atom. The van der Waals surface area contributed by atoms with Gasteiger partial charge in [-0.25, -0.2) is 8.42 Å². The largest absolute Gasteiger partial charge is 0.618 e. The Morgan fingerprint density at radius 3 is 2.29 bits per heavy atom. The first-order chi connectivity index (χ1) is 14.4. The number of halogens is 1. The van der Waals surface area contributed by atoms with E-state index in [0.29, 0.717) is 4.73 Å². The van der Waals surface area contributed by atoms with Crippen LogP contribution in [0.1, 0.15) is 48.0 Å². The van der Waals surface area contributed by atoms with Crippen molar-refractivity contribution in [1.29, 1.82) is 0 Å². The lowest BCUT2D eigenvalue weighted by atomic mass is 9.87. The van der Waals surface area contributed by atoms with Crippen molar-refractivity contribution in [2.75, 3.05) is 4.72 Å². The molecule has 0 bridgehead atoms. The molecule has 0 unspecified atom stereocenters. The minimum atomic E-state index is -3.96. The number of carbonyl (C=O) groups excluding carboxylic acids is 1. The van der Waals surface area contributed by atoms with Crippen LogP contribution in [0.4, 0.5) is 5.69 Å². The zero-order valence-electron chi connectivity index (χ0n) is 17.6. The van der Waals surface area contributed by atoms with Crippen molar-refractivity contribution in [3.63, 3.8) is 0 Å². The maximum atomic E-state index is 13.1. The van der Waals surface area contributed by atoms with Crippen molar-refractivity contribution in [3.05, 3.63) is 93.4 Å². The van der Waals surface area contributed by atoms with E-state index in [1.165, 1.54) is 55.6 Å². The highest BCUT2D eigenvalue weighted by Crippen LogP contribution is 2.28. The number of anilines is 1. The summed E-state index contributed by atoms with van der Waals surface area (Å²) in [5.74, 6) is -0.508. The molecule has 8 heteroatoms. The summed E-state index contributed by atoms with van der Waals surface area (Å²) < 4.78 is 29.0. The minimum Gasteiger partial charge on any atom is -0.618 e. The summed E-state index contributed by atoms with van der Waals surface area (Å²) in [6.45, 7) is 7.64. The molecule has 3 aromatic rings. The summed E-state index contributed by atoms with van der Waals surface area (Å²) in [6, 6.07) is 13.9. The normalized spacial score (nSPS) is 11.9. The molecule has 2 aromatic carbocycles. The van der Waals surface area contributed by atoms with Gasteiger partial charge in [0.05, 0.1) is 16.1 Å². The van der Waals surface area contributed by atoms with Crippen molar-refractivity contribution in [3.8, 4) is 0 Å². The summed E-state index contributed by atoms with van der Waals surface area (Å²) in [6.07, 6.45) is 1.29. The quantitative estimate of drug-likeness (QED) is 0.343. The fourth-order valence-corrected chi connectivity index (χ4v) is 4.34. The van der Waals surface area contributed by atoms with Gasteiger partial charge in [-0.05, 0) is 47.4 Å². The third-order valence-corrected chi connectivity index (χ3v) is 6.57. The number of pyridine rings is 1.